The first-order valence-corrected chi connectivity index (χ1v) is 4.24. The zero-order valence-corrected chi connectivity index (χ0v) is 7.97. The van der Waals surface area contributed by atoms with Crippen molar-refractivity contribution in [2.75, 3.05) is 0 Å². The van der Waals surface area contributed by atoms with Crippen LogP contribution in [-0.4, -0.2) is 9.55 Å². The van der Waals surface area contributed by atoms with E-state index in [4.69, 9.17) is 0 Å². The Morgan fingerprint density at radius 2 is 2.33 bits per heavy atom. The number of pyridine rings is 1. The molecule has 0 aliphatic carbocycles. The highest BCUT2D eigenvalue weighted by Gasteiger charge is 2.05. The van der Waals surface area contributed by atoms with Crippen molar-refractivity contribution in [3.05, 3.63) is 28.7 Å². The molecule has 62 valence electrons. The molecule has 2 rings (SSSR count). The van der Waals surface area contributed by atoms with Gasteiger partial charge in [0.15, 0.2) is 0 Å². The number of hydrogen-bond donors (Lipinski definition) is 0. The topological polar surface area (TPSA) is 17.8 Å². The number of hydrogen-bond acceptors (Lipinski definition) is 1. The SMILES string of the molecule is Cn1cc(Br)c2cc(F)cnc21. The molecule has 0 saturated carbocycles. The Hall–Kier alpha value is -0.900. The molecule has 0 N–H and O–H groups in total. The van der Waals surface area contributed by atoms with Crippen LogP contribution >= 0.6 is 15.9 Å². The maximum Gasteiger partial charge on any atom is 0.142 e. The minimum absolute atomic E-state index is 0.311. The number of nitrogens with zero attached hydrogens (tertiary/aromatic N) is 2. The smallest absolute Gasteiger partial charge is 0.142 e. The maximum atomic E-state index is 12.7. The average molecular weight is 229 g/mol. The minimum atomic E-state index is -0.311. The van der Waals surface area contributed by atoms with Crippen LogP contribution in [0.1, 0.15) is 0 Å². The van der Waals surface area contributed by atoms with Gasteiger partial charge in [-0.15, -0.1) is 0 Å². The summed E-state index contributed by atoms with van der Waals surface area (Å²) in [5, 5.41) is 0.803. The van der Waals surface area contributed by atoms with Gasteiger partial charge in [-0.2, -0.15) is 0 Å². The van der Waals surface area contributed by atoms with Crippen molar-refractivity contribution in [2.24, 2.45) is 7.05 Å². The highest BCUT2D eigenvalue weighted by Crippen LogP contribution is 2.23. The molecule has 0 aliphatic heterocycles. The third-order valence-electron chi connectivity index (χ3n) is 1.73. The molecule has 0 bridgehead atoms. The Morgan fingerprint density at radius 1 is 1.58 bits per heavy atom. The van der Waals surface area contributed by atoms with E-state index >= 15 is 0 Å². The zero-order chi connectivity index (χ0) is 8.72. The van der Waals surface area contributed by atoms with Crippen LogP contribution < -0.4 is 0 Å². The maximum absolute atomic E-state index is 12.7. The van der Waals surface area contributed by atoms with Gasteiger partial charge in [0.05, 0.1) is 6.20 Å². The van der Waals surface area contributed by atoms with Crippen LogP contribution in [0.25, 0.3) is 11.0 Å². The second-order valence-corrected chi connectivity index (χ2v) is 3.47. The molecule has 4 heteroatoms. The van der Waals surface area contributed by atoms with E-state index in [-0.39, 0.29) is 5.82 Å². The van der Waals surface area contributed by atoms with Crippen molar-refractivity contribution in [3.63, 3.8) is 0 Å². The Bertz CT molecular complexity index is 436. The lowest BCUT2D eigenvalue weighted by Crippen LogP contribution is -1.87. The van der Waals surface area contributed by atoms with Gasteiger partial charge in [-0.3, -0.25) is 0 Å². The fraction of sp³-hybridized carbons (Fsp3) is 0.125. The summed E-state index contributed by atoms with van der Waals surface area (Å²) in [7, 11) is 1.87. The van der Waals surface area contributed by atoms with Gasteiger partial charge in [-0.25, -0.2) is 9.37 Å². The molecule has 12 heavy (non-hydrogen) atoms. The summed E-state index contributed by atoms with van der Waals surface area (Å²) in [6.07, 6.45) is 3.08. The molecule has 0 spiro atoms. The van der Waals surface area contributed by atoms with Gasteiger partial charge < -0.3 is 4.57 Å². The van der Waals surface area contributed by atoms with Gasteiger partial charge in [-0.05, 0) is 22.0 Å². The van der Waals surface area contributed by atoms with E-state index in [0.717, 1.165) is 15.5 Å². The largest absolute Gasteiger partial charge is 0.334 e. The number of aromatic nitrogens is 2. The Kier molecular flexibility index (Phi) is 1.65. The summed E-state index contributed by atoms with van der Waals surface area (Å²) >= 11 is 3.32. The van der Waals surface area contributed by atoms with Crippen LogP contribution in [0.4, 0.5) is 4.39 Å². The molecule has 0 aliphatic rings. The van der Waals surface area contributed by atoms with E-state index in [1.54, 1.807) is 0 Å². The van der Waals surface area contributed by atoms with E-state index in [2.05, 4.69) is 20.9 Å². The first kappa shape index (κ1) is 7.73. The van der Waals surface area contributed by atoms with Crippen molar-refractivity contribution >= 4 is 27.0 Å². The van der Waals surface area contributed by atoms with Crippen LogP contribution in [0.2, 0.25) is 0 Å². The second kappa shape index (κ2) is 2.55. The van der Waals surface area contributed by atoms with Crippen molar-refractivity contribution in [1.29, 1.82) is 0 Å². The first-order chi connectivity index (χ1) is 5.68. The standard InChI is InChI=1S/C8H6BrFN2/c1-12-4-7(9)6-2-5(10)3-11-8(6)12/h2-4H,1H3. The molecule has 2 heterocycles. The van der Waals surface area contributed by atoms with Crippen LogP contribution in [0.5, 0.6) is 0 Å². The van der Waals surface area contributed by atoms with Crippen molar-refractivity contribution in [3.8, 4) is 0 Å². The highest BCUT2D eigenvalue weighted by molar-refractivity contribution is 9.10. The van der Waals surface area contributed by atoms with Crippen molar-refractivity contribution < 1.29 is 4.39 Å². The lowest BCUT2D eigenvalue weighted by atomic mass is 10.3. The van der Waals surface area contributed by atoms with Crippen LogP contribution in [0.3, 0.4) is 0 Å². The zero-order valence-electron chi connectivity index (χ0n) is 6.38. The van der Waals surface area contributed by atoms with Gasteiger partial charge in [-0.1, -0.05) is 0 Å². The third kappa shape index (κ3) is 1.03. The molecule has 0 aromatic carbocycles. The van der Waals surface area contributed by atoms with Gasteiger partial charge in [0.2, 0.25) is 0 Å². The second-order valence-electron chi connectivity index (χ2n) is 2.61. The van der Waals surface area contributed by atoms with Gasteiger partial charge in [0.25, 0.3) is 0 Å². The molecular formula is C8H6BrFN2. The molecule has 0 amide bonds. The molecule has 2 nitrogen and oxygen atoms in total. The van der Waals surface area contributed by atoms with E-state index < -0.39 is 0 Å². The predicted octanol–water partition coefficient (Wildman–Crippen LogP) is 2.47. The lowest BCUT2D eigenvalue weighted by molar-refractivity contribution is 0.623. The van der Waals surface area contributed by atoms with Gasteiger partial charge in [0, 0.05) is 23.1 Å². The normalized spacial score (nSPS) is 10.9. The Labute approximate surface area is 77.1 Å². The summed E-state index contributed by atoms with van der Waals surface area (Å²) in [6.45, 7) is 0. The average Bonchev–Trinajstić information content (AvgIpc) is 2.28. The molecular weight excluding hydrogens is 223 g/mol. The Balaban J connectivity index is 2.90. The van der Waals surface area contributed by atoms with E-state index in [1.165, 1.54) is 12.3 Å². The number of halogens is 2. The van der Waals surface area contributed by atoms with E-state index in [1.807, 2.05) is 17.8 Å². The molecule has 2 aromatic heterocycles. The summed E-state index contributed by atoms with van der Waals surface area (Å²) < 4.78 is 15.4. The van der Waals surface area contributed by atoms with Gasteiger partial charge >= 0.3 is 0 Å². The molecule has 0 fully saturated rings. The summed E-state index contributed by atoms with van der Waals surface area (Å²) in [5.41, 5.74) is 0.781. The Morgan fingerprint density at radius 3 is 3.08 bits per heavy atom. The molecule has 0 saturated heterocycles. The number of rotatable bonds is 0. The van der Waals surface area contributed by atoms with E-state index in [9.17, 15) is 4.39 Å². The van der Waals surface area contributed by atoms with Gasteiger partial charge in [0.1, 0.15) is 11.5 Å². The van der Waals surface area contributed by atoms with Crippen LogP contribution in [-0.2, 0) is 7.05 Å². The minimum Gasteiger partial charge on any atom is -0.334 e. The lowest BCUT2D eigenvalue weighted by Gasteiger charge is -1.93. The fourth-order valence-corrected chi connectivity index (χ4v) is 1.79. The quantitative estimate of drug-likeness (QED) is 0.678. The monoisotopic (exact) mass is 228 g/mol. The first-order valence-electron chi connectivity index (χ1n) is 3.44. The molecule has 0 radical (unpaired) electrons. The molecule has 0 unspecified atom stereocenters. The number of aryl methyl sites for hydroxylation is 1. The third-order valence-corrected chi connectivity index (χ3v) is 2.36. The van der Waals surface area contributed by atoms with E-state index in [0.29, 0.717) is 0 Å². The summed E-state index contributed by atoms with van der Waals surface area (Å²) in [4.78, 5) is 3.96. The van der Waals surface area contributed by atoms with Crippen molar-refractivity contribution in [2.45, 2.75) is 0 Å². The fourth-order valence-electron chi connectivity index (χ4n) is 1.19. The summed E-state index contributed by atoms with van der Waals surface area (Å²) in [5.74, 6) is -0.311. The highest BCUT2D eigenvalue weighted by atomic mass is 79.9. The predicted molar refractivity (Wildman–Crippen MR) is 48.4 cm³/mol. The number of fused-ring (bicyclic) bond motifs is 1. The molecule has 0 atom stereocenters. The summed E-state index contributed by atoms with van der Waals surface area (Å²) in [6, 6.07) is 1.46. The van der Waals surface area contributed by atoms with Crippen LogP contribution in [0, 0.1) is 5.82 Å². The van der Waals surface area contributed by atoms with Crippen LogP contribution in [0.15, 0.2) is 22.9 Å². The van der Waals surface area contributed by atoms with Crippen molar-refractivity contribution in [1.82, 2.24) is 9.55 Å². The molecule has 2 aromatic rings.